The molecule has 0 aromatic heterocycles. The quantitative estimate of drug-likeness (QED) is 0.893. The van der Waals surface area contributed by atoms with Gasteiger partial charge in [-0.2, -0.15) is 0 Å². The summed E-state index contributed by atoms with van der Waals surface area (Å²) in [6, 6.07) is 8.79. The topological polar surface area (TPSA) is 49.5 Å². The highest BCUT2D eigenvalue weighted by atomic mass is 79.9. The van der Waals surface area contributed by atoms with Crippen molar-refractivity contribution in [2.45, 2.75) is 38.4 Å². The Morgan fingerprint density at radius 3 is 2.58 bits per heavy atom. The lowest BCUT2D eigenvalue weighted by atomic mass is 9.97. The maximum Gasteiger partial charge on any atom is 0.0589 e. The highest BCUT2D eigenvalue weighted by Gasteiger charge is 2.37. The van der Waals surface area contributed by atoms with Gasteiger partial charge in [0.25, 0.3) is 0 Å². The molecule has 4 heteroatoms. The van der Waals surface area contributed by atoms with Crippen LogP contribution in [0.1, 0.15) is 31.9 Å². The zero-order valence-corrected chi connectivity index (χ0v) is 13.2. The number of nitrogens with two attached hydrogens (primary N) is 1. The number of benzene rings is 1. The van der Waals surface area contributed by atoms with Crippen molar-refractivity contribution in [3.63, 3.8) is 0 Å². The summed E-state index contributed by atoms with van der Waals surface area (Å²) in [7, 11) is 0. The molecule has 1 heterocycles. The van der Waals surface area contributed by atoms with E-state index in [9.17, 15) is 5.11 Å². The molecule has 0 spiro atoms. The van der Waals surface area contributed by atoms with E-state index in [1.165, 1.54) is 5.56 Å². The fourth-order valence-electron chi connectivity index (χ4n) is 3.12. The van der Waals surface area contributed by atoms with Gasteiger partial charge in [0.15, 0.2) is 0 Å². The van der Waals surface area contributed by atoms with Crippen molar-refractivity contribution in [1.29, 1.82) is 0 Å². The predicted molar refractivity (Wildman–Crippen MR) is 81.9 cm³/mol. The van der Waals surface area contributed by atoms with Crippen LogP contribution in [-0.2, 0) is 0 Å². The molecule has 1 aliphatic heterocycles. The van der Waals surface area contributed by atoms with Gasteiger partial charge in [-0.3, -0.25) is 4.90 Å². The van der Waals surface area contributed by atoms with Crippen LogP contribution in [0.3, 0.4) is 0 Å². The Morgan fingerprint density at radius 2 is 2.05 bits per heavy atom. The number of nitrogens with zero attached hydrogens (tertiary/aromatic N) is 1. The number of halogens is 1. The molecule has 0 bridgehead atoms. The molecule has 1 fully saturated rings. The molecule has 106 valence electrons. The molecule has 2 rings (SSSR count). The third-order valence-electron chi connectivity index (χ3n) is 4.18. The normalized spacial score (nSPS) is 27.4. The highest BCUT2D eigenvalue weighted by Crippen LogP contribution is 2.34. The van der Waals surface area contributed by atoms with E-state index >= 15 is 0 Å². The van der Waals surface area contributed by atoms with Gasteiger partial charge in [0.2, 0.25) is 0 Å². The standard InChI is InChI=1S/C15H23BrN2O/c1-10-7-8-18(14(10)9-19)15(11(2)17)12-3-5-13(16)6-4-12/h3-6,10-11,14-15,19H,7-9,17H2,1-2H3. The Balaban J connectivity index is 2.28. The summed E-state index contributed by atoms with van der Waals surface area (Å²) in [5.74, 6) is 0.529. The summed E-state index contributed by atoms with van der Waals surface area (Å²) in [5, 5.41) is 9.64. The van der Waals surface area contributed by atoms with Gasteiger partial charge in [-0.25, -0.2) is 0 Å². The van der Waals surface area contributed by atoms with Crippen molar-refractivity contribution in [2.24, 2.45) is 11.7 Å². The minimum atomic E-state index is 0.0422. The first-order valence-corrected chi connectivity index (χ1v) is 7.71. The molecule has 3 N–H and O–H groups in total. The van der Waals surface area contributed by atoms with E-state index in [1.54, 1.807) is 0 Å². The molecular formula is C15H23BrN2O. The van der Waals surface area contributed by atoms with Gasteiger partial charge in [0.05, 0.1) is 6.61 Å². The highest BCUT2D eigenvalue weighted by molar-refractivity contribution is 9.10. The zero-order valence-electron chi connectivity index (χ0n) is 11.6. The second-order valence-corrected chi connectivity index (χ2v) is 6.52. The van der Waals surface area contributed by atoms with Crippen LogP contribution in [0.25, 0.3) is 0 Å². The first-order chi connectivity index (χ1) is 9.04. The molecule has 4 unspecified atom stereocenters. The van der Waals surface area contributed by atoms with E-state index in [1.807, 2.05) is 6.92 Å². The van der Waals surface area contributed by atoms with Gasteiger partial charge in [-0.05, 0) is 43.5 Å². The Labute approximate surface area is 123 Å². The van der Waals surface area contributed by atoms with E-state index in [-0.39, 0.29) is 24.7 Å². The van der Waals surface area contributed by atoms with Crippen LogP contribution < -0.4 is 5.73 Å². The summed E-state index contributed by atoms with van der Waals surface area (Å²) < 4.78 is 1.08. The van der Waals surface area contributed by atoms with Crippen molar-refractivity contribution in [2.75, 3.05) is 13.2 Å². The molecule has 1 aliphatic rings. The third kappa shape index (κ3) is 3.19. The van der Waals surface area contributed by atoms with Crippen LogP contribution >= 0.6 is 15.9 Å². The van der Waals surface area contributed by atoms with Gasteiger partial charge >= 0.3 is 0 Å². The summed E-state index contributed by atoms with van der Waals surface area (Å²) in [6.07, 6.45) is 1.13. The number of rotatable bonds is 4. The van der Waals surface area contributed by atoms with Crippen LogP contribution in [-0.4, -0.2) is 35.2 Å². The SMILES string of the molecule is CC(N)C(c1ccc(Br)cc1)N1CCC(C)C1CO. The maximum atomic E-state index is 9.64. The number of hydrogen-bond acceptors (Lipinski definition) is 3. The van der Waals surface area contributed by atoms with E-state index < -0.39 is 0 Å². The van der Waals surface area contributed by atoms with Gasteiger partial charge in [-0.15, -0.1) is 0 Å². The zero-order chi connectivity index (χ0) is 14.0. The number of aliphatic hydroxyl groups excluding tert-OH is 1. The van der Waals surface area contributed by atoms with Crippen LogP contribution in [0.5, 0.6) is 0 Å². The minimum Gasteiger partial charge on any atom is -0.395 e. The summed E-state index contributed by atoms with van der Waals surface area (Å²) in [4.78, 5) is 2.37. The van der Waals surface area contributed by atoms with Crippen LogP contribution in [0, 0.1) is 5.92 Å². The Bertz CT molecular complexity index is 407. The molecule has 0 radical (unpaired) electrons. The monoisotopic (exact) mass is 326 g/mol. The summed E-state index contributed by atoms with van der Waals surface area (Å²) in [5.41, 5.74) is 7.44. The molecule has 1 saturated heterocycles. The van der Waals surface area contributed by atoms with Crippen molar-refractivity contribution in [3.8, 4) is 0 Å². The number of hydrogen-bond donors (Lipinski definition) is 2. The second kappa shape index (κ2) is 6.35. The smallest absolute Gasteiger partial charge is 0.0589 e. The van der Waals surface area contributed by atoms with Gasteiger partial charge < -0.3 is 10.8 Å². The van der Waals surface area contributed by atoms with E-state index in [4.69, 9.17) is 5.73 Å². The molecule has 0 saturated carbocycles. The number of likely N-dealkylation sites (tertiary alicyclic amines) is 1. The first-order valence-electron chi connectivity index (χ1n) is 6.92. The number of aliphatic hydroxyl groups is 1. The summed E-state index contributed by atoms with van der Waals surface area (Å²) >= 11 is 3.47. The first kappa shape index (κ1) is 15.0. The van der Waals surface area contributed by atoms with Crippen molar-refractivity contribution < 1.29 is 5.11 Å². The third-order valence-corrected chi connectivity index (χ3v) is 4.71. The maximum absolute atomic E-state index is 9.64. The van der Waals surface area contributed by atoms with Crippen molar-refractivity contribution >= 4 is 15.9 Å². The molecule has 1 aromatic carbocycles. The molecule has 4 atom stereocenters. The van der Waals surface area contributed by atoms with E-state index in [0.717, 1.165) is 17.4 Å². The van der Waals surface area contributed by atoms with Crippen LogP contribution in [0.4, 0.5) is 0 Å². The Morgan fingerprint density at radius 1 is 1.42 bits per heavy atom. The van der Waals surface area contributed by atoms with E-state index in [2.05, 4.69) is 52.0 Å². The molecule has 0 amide bonds. The fraction of sp³-hybridized carbons (Fsp3) is 0.600. The van der Waals surface area contributed by atoms with Crippen LogP contribution in [0.15, 0.2) is 28.7 Å². The minimum absolute atomic E-state index is 0.0422. The molecule has 1 aromatic rings. The van der Waals surface area contributed by atoms with Crippen molar-refractivity contribution in [1.82, 2.24) is 4.90 Å². The molecule has 0 aliphatic carbocycles. The molecular weight excluding hydrogens is 304 g/mol. The Kier molecular flexibility index (Phi) is 5.01. The second-order valence-electron chi connectivity index (χ2n) is 5.61. The fourth-order valence-corrected chi connectivity index (χ4v) is 3.39. The predicted octanol–water partition coefficient (Wildman–Crippen LogP) is 2.54. The van der Waals surface area contributed by atoms with Gasteiger partial charge in [-0.1, -0.05) is 35.0 Å². The van der Waals surface area contributed by atoms with E-state index in [0.29, 0.717) is 5.92 Å². The lowest BCUT2D eigenvalue weighted by Crippen LogP contribution is -2.44. The average Bonchev–Trinajstić information content (AvgIpc) is 2.73. The van der Waals surface area contributed by atoms with Crippen LogP contribution in [0.2, 0.25) is 0 Å². The lowest BCUT2D eigenvalue weighted by molar-refractivity contribution is 0.0928. The van der Waals surface area contributed by atoms with Crippen molar-refractivity contribution in [3.05, 3.63) is 34.3 Å². The summed E-state index contributed by atoms with van der Waals surface area (Å²) in [6.45, 7) is 5.47. The largest absolute Gasteiger partial charge is 0.395 e. The average molecular weight is 327 g/mol. The van der Waals surface area contributed by atoms with Gasteiger partial charge in [0, 0.05) is 22.6 Å². The lowest BCUT2D eigenvalue weighted by Gasteiger charge is -2.36. The molecule has 19 heavy (non-hydrogen) atoms. The molecule has 3 nitrogen and oxygen atoms in total. The Hall–Kier alpha value is -0.420. The van der Waals surface area contributed by atoms with Gasteiger partial charge in [0.1, 0.15) is 0 Å².